The topological polar surface area (TPSA) is 66.8 Å². The van der Waals surface area contributed by atoms with Gasteiger partial charge >= 0.3 is 0 Å². The first-order valence-electron chi connectivity index (χ1n) is 9.40. The number of carbonyl (C=O) groups excluding carboxylic acids is 1. The van der Waals surface area contributed by atoms with Crippen LogP contribution in [0.15, 0.2) is 55.1 Å². The Bertz CT molecular complexity index is 1090. The Labute approximate surface area is 156 Å². The Morgan fingerprint density at radius 3 is 2.74 bits per heavy atom. The average molecular weight is 359 g/mol. The number of piperidine rings is 1. The molecule has 1 fully saturated rings. The lowest BCUT2D eigenvalue weighted by molar-refractivity contribution is -0.131. The highest BCUT2D eigenvalue weighted by Crippen LogP contribution is 2.30. The van der Waals surface area contributed by atoms with E-state index in [1.54, 1.807) is 0 Å². The Morgan fingerprint density at radius 1 is 1.11 bits per heavy atom. The number of fused-ring (bicyclic) bond motifs is 3. The zero-order chi connectivity index (χ0) is 18.2. The third-order valence-electron chi connectivity index (χ3n) is 5.53. The molecular weight excluding hydrogens is 338 g/mol. The predicted octanol–water partition coefficient (Wildman–Crippen LogP) is 3.32. The molecule has 0 bridgehead atoms. The van der Waals surface area contributed by atoms with Crippen LogP contribution in [0.25, 0.3) is 22.1 Å². The smallest absolute Gasteiger partial charge is 0.226 e. The van der Waals surface area contributed by atoms with E-state index in [-0.39, 0.29) is 5.91 Å². The van der Waals surface area contributed by atoms with Gasteiger partial charge in [-0.25, -0.2) is 9.97 Å². The summed E-state index contributed by atoms with van der Waals surface area (Å²) in [5.41, 5.74) is 4.02. The van der Waals surface area contributed by atoms with Crippen molar-refractivity contribution in [2.75, 3.05) is 13.1 Å². The summed E-state index contributed by atoms with van der Waals surface area (Å²) in [6, 6.07) is 12.4. The molecule has 0 spiro atoms. The van der Waals surface area contributed by atoms with Crippen molar-refractivity contribution in [2.45, 2.75) is 25.3 Å². The Kier molecular flexibility index (Phi) is 3.89. The van der Waals surface area contributed by atoms with E-state index >= 15 is 0 Å². The molecule has 0 radical (unpaired) electrons. The van der Waals surface area contributed by atoms with Gasteiger partial charge in [0, 0.05) is 30.7 Å². The summed E-state index contributed by atoms with van der Waals surface area (Å²) < 4.78 is 2.27. The van der Waals surface area contributed by atoms with Crippen molar-refractivity contribution in [3.8, 4) is 0 Å². The second-order valence-electron chi connectivity index (χ2n) is 7.16. The number of H-pyrrole nitrogens is 1. The zero-order valence-electron chi connectivity index (χ0n) is 15.0. The highest BCUT2D eigenvalue weighted by Gasteiger charge is 2.25. The molecule has 4 aromatic rings. The number of aromatic amines is 1. The van der Waals surface area contributed by atoms with E-state index < -0.39 is 0 Å². The van der Waals surface area contributed by atoms with Gasteiger partial charge in [-0.2, -0.15) is 0 Å². The lowest BCUT2D eigenvalue weighted by atomic mass is 10.0. The van der Waals surface area contributed by atoms with E-state index in [2.05, 4.69) is 25.6 Å². The summed E-state index contributed by atoms with van der Waals surface area (Å²) >= 11 is 0. The van der Waals surface area contributed by atoms with Crippen LogP contribution >= 0.6 is 0 Å². The van der Waals surface area contributed by atoms with Crippen LogP contribution in [0.2, 0.25) is 0 Å². The molecule has 5 rings (SSSR count). The highest BCUT2D eigenvalue weighted by molar-refractivity contribution is 6.00. The molecule has 136 valence electrons. The SMILES string of the molecule is O=C(Cc1ccccc1)N1CCC(n2cnc3cnc4[nH]ccc4c32)CC1. The van der Waals surface area contributed by atoms with E-state index in [0.29, 0.717) is 12.5 Å². The number of pyridine rings is 1. The van der Waals surface area contributed by atoms with E-state index in [0.717, 1.165) is 53.6 Å². The van der Waals surface area contributed by atoms with Crippen molar-refractivity contribution in [1.29, 1.82) is 0 Å². The van der Waals surface area contributed by atoms with E-state index in [1.807, 2.05) is 54.0 Å². The van der Waals surface area contributed by atoms with Gasteiger partial charge < -0.3 is 14.5 Å². The van der Waals surface area contributed by atoms with Gasteiger partial charge in [0.1, 0.15) is 11.2 Å². The number of imidazole rings is 1. The summed E-state index contributed by atoms with van der Waals surface area (Å²) in [5.74, 6) is 0.215. The average Bonchev–Trinajstić information content (AvgIpc) is 3.35. The fourth-order valence-electron chi connectivity index (χ4n) is 4.08. The first-order chi connectivity index (χ1) is 13.3. The fourth-order valence-corrected chi connectivity index (χ4v) is 4.08. The highest BCUT2D eigenvalue weighted by atomic mass is 16.2. The number of hydrogen-bond acceptors (Lipinski definition) is 3. The standard InChI is InChI=1S/C21H21N5O/c27-19(12-15-4-2-1-3-5-15)25-10-7-16(8-11-25)26-14-24-18-13-23-21-17(20(18)26)6-9-22-21/h1-6,9,13-14,16H,7-8,10-12H2,(H,22,23). The number of amides is 1. The predicted molar refractivity (Wildman–Crippen MR) is 104 cm³/mol. The Hall–Kier alpha value is -3.15. The quantitative estimate of drug-likeness (QED) is 0.610. The van der Waals surface area contributed by atoms with Crippen molar-refractivity contribution in [2.24, 2.45) is 0 Å². The molecule has 1 saturated heterocycles. The van der Waals surface area contributed by atoms with Crippen molar-refractivity contribution >= 4 is 28.0 Å². The lowest BCUT2D eigenvalue weighted by Gasteiger charge is -2.33. The first-order valence-corrected chi connectivity index (χ1v) is 9.40. The molecule has 0 unspecified atom stereocenters. The van der Waals surface area contributed by atoms with Gasteiger partial charge in [0.2, 0.25) is 5.91 Å². The number of rotatable bonds is 3. The maximum atomic E-state index is 12.6. The van der Waals surface area contributed by atoms with Gasteiger partial charge in [-0.15, -0.1) is 0 Å². The molecule has 3 aromatic heterocycles. The van der Waals surface area contributed by atoms with Crippen LogP contribution < -0.4 is 0 Å². The van der Waals surface area contributed by atoms with Gasteiger partial charge in [0.25, 0.3) is 0 Å². The third-order valence-corrected chi connectivity index (χ3v) is 5.53. The van der Waals surface area contributed by atoms with E-state index in [4.69, 9.17) is 0 Å². The second-order valence-corrected chi connectivity index (χ2v) is 7.16. The second kappa shape index (κ2) is 6.54. The fraction of sp³-hybridized carbons (Fsp3) is 0.286. The largest absolute Gasteiger partial charge is 0.346 e. The zero-order valence-corrected chi connectivity index (χ0v) is 15.0. The molecule has 1 N–H and O–H groups in total. The molecule has 0 atom stereocenters. The molecule has 1 amide bonds. The van der Waals surface area contributed by atoms with Crippen molar-refractivity contribution < 1.29 is 4.79 Å². The molecule has 6 nitrogen and oxygen atoms in total. The molecule has 27 heavy (non-hydrogen) atoms. The number of likely N-dealkylation sites (tertiary alicyclic amines) is 1. The number of carbonyl (C=O) groups is 1. The van der Waals surface area contributed by atoms with Gasteiger partial charge in [0.15, 0.2) is 0 Å². The maximum absolute atomic E-state index is 12.6. The van der Waals surface area contributed by atoms with E-state index in [1.165, 1.54) is 0 Å². The minimum absolute atomic E-state index is 0.215. The molecule has 1 aliphatic heterocycles. The number of nitrogens with zero attached hydrogens (tertiary/aromatic N) is 4. The first kappa shape index (κ1) is 16.1. The van der Waals surface area contributed by atoms with Crippen LogP contribution in [0, 0.1) is 0 Å². The van der Waals surface area contributed by atoms with E-state index in [9.17, 15) is 4.79 Å². The number of benzene rings is 1. The summed E-state index contributed by atoms with van der Waals surface area (Å²) in [7, 11) is 0. The van der Waals surface area contributed by atoms with Crippen LogP contribution in [0.3, 0.4) is 0 Å². The van der Waals surface area contributed by atoms with Crippen molar-refractivity contribution in [3.05, 3.63) is 60.7 Å². The molecule has 0 saturated carbocycles. The van der Waals surface area contributed by atoms with Crippen LogP contribution in [-0.2, 0) is 11.2 Å². The molecule has 4 heterocycles. The van der Waals surface area contributed by atoms with Gasteiger partial charge in [0.05, 0.1) is 24.5 Å². The van der Waals surface area contributed by atoms with Crippen LogP contribution in [0.1, 0.15) is 24.4 Å². The molecular formula is C21H21N5O. The normalized spacial score (nSPS) is 15.6. The number of hydrogen-bond donors (Lipinski definition) is 1. The summed E-state index contributed by atoms with van der Waals surface area (Å²) in [6.45, 7) is 1.58. The summed E-state index contributed by atoms with van der Waals surface area (Å²) in [6.07, 6.45) is 8.03. The minimum atomic E-state index is 0.215. The van der Waals surface area contributed by atoms with Crippen LogP contribution in [-0.4, -0.2) is 43.4 Å². The number of nitrogens with one attached hydrogen (secondary N) is 1. The van der Waals surface area contributed by atoms with Crippen molar-refractivity contribution in [3.63, 3.8) is 0 Å². The monoisotopic (exact) mass is 359 g/mol. The van der Waals surface area contributed by atoms with Gasteiger partial charge in [-0.05, 0) is 24.5 Å². The minimum Gasteiger partial charge on any atom is -0.346 e. The van der Waals surface area contributed by atoms with Gasteiger partial charge in [-0.1, -0.05) is 30.3 Å². The molecule has 1 aromatic carbocycles. The molecule has 0 aliphatic carbocycles. The van der Waals surface area contributed by atoms with Gasteiger partial charge in [-0.3, -0.25) is 4.79 Å². The van der Waals surface area contributed by atoms with Crippen LogP contribution in [0.4, 0.5) is 0 Å². The van der Waals surface area contributed by atoms with Crippen molar-refractivity contribution in [1.82, 2.24) is 24.4 Å². The summed E-state index contributed by atoms with van der Waals surface area (Å²) in [5, 5.41) is 1.10. The maximum Gasteiger partial charge on any atom is 0.226 e. The lowest BCUT2D eigenvalue weighted by Crippen LogP contribution is -2.39. The number of aromatic nitrogens is 4. The summed E-state index contributed by atoms with van der Waals surface area (Å²) in [4.78, 5) is 26.7. The third kappa shape index (κ3) is 2.87. The molecule has 6 heteroatoms. The van der Waals surface area contributed by atoms with Crippen LogP contribution in [0.5, 0.6) is 0 Å². The Morgan fingerprint density at radius 2 is 1.93 bits per heavy atom. The molecule has 1 aliphatic rings. The Balaban J connectivity index is 1.33.